The molecule has 3 nitrogen and oxygen atoms in total. The third-order valence-corrected chi connectivity index (χ3v) is 0.811. The molecule has 64 valence electrons. The highest BCUT2D eigenvalue weighted by Gasteiger charge is 1.97. The molecule has 0 aromatic heterocycles. The number of rotatable bonds is 4. The summed E-state index contributed by atoms with van der Waals surface area (Å²) in [5.74, 6) is -0.577. The van der Waals surface area contributed by atoms with E-state index in [9.17, 15) is 13.6 Å². The topological polar surface area (TPSA) is 38.3 Å². The Morgan fingerprint density at radius 2 is 2.36 bits per heavy atom. The van der Waals surface area contributed by atoms with Crippen LogP contribution in [0.25, 0.3) is 0 Å². The van der Waals surface area contributed by atoms with Crippen LogP contribution in [0.5, 0.6) is 0 Å². The van der Waals surface area contributed by atoms with E-state index in [0.717, 1.165) is 12.3 Å². The molecule has 0 bridgehead atoms. The maximum atomic E-state index is 11.4. The van der Waals surface area contributed by atoms with Crippen LogP contribution in [0, 0.1) is 0 Å². The number of esters is 1. The zero-order chi connectivity index (χ0) is 8.69. The summed E-state index contributed by atoms with van der Waals surface area (Å²) in [4.78, 5) is 10.3. The molecule has 0 spiro atoms. The Morgan fingerprint density at radius 3 is 2.82 bits per heavy atom. The van der Waals surface area contributed by atoms with Crippen LogP contribution in [-0.4, -0.2) is 26.0 Å². The third-order valence-electron chi connectivity index (χ3n) is 0.811. The molecular formula is C6H9F2NO2. The second kappa shape index (κ2) is 5.64. The first-order chi connectivity index (χ1) is 5.16. The Kier molecular flexibility index (Phi) is 5.06. The Labute approximate surface area is 63.0 Å². The van der Waals surface area contributed by atoms with Gasteiger partial charge in [-0.15, -0.1) is 0 Å². The molecule has 0 saturated carbocycles. The minimum Gasteiger partial charge on any atom is -0.466 e. The number of alkyl halides is 2. The van der Waals surface area contributed by atoms with Gasteiger partial charge in [-0.3, -0.25) is 0 Å². The van der Waals surface area contributed by atoms with Crippen molar-refractivity contribution in [2.45, 2.75) is 6.43 Å². The molecular weight excluding hydrogens is 156 g/mol. The summed E-state index contributed by atoms with van der Waals surface area (Å²) < 4.78 is 27.1. The molecule has 0 radical (unpaired) electrons. The molecule has 0 rings (SSSR count). The molecule has 11 heavy (non-hydrogen) atoms. The van der Waals surface area contributed by atoms with Gasteiger partial charge in [0.25, 0.3) is 6.43 Å². The predicted molar refractivity (Wildman–Crippen MR) is 35.2 cm³/mol. The number of hydrogen-bond acceptors (Lipinski definition) is 3. The highest BCUT2D eigenvalue weighted by atomic mass is 19.3. The SMILES string of the molecule is COC(=O)/C=C/NCC(F)F. The fourth-order valence-corrected chi connectivity index (χ4v) is 0.352. The molecule has 0 saturated heterocycles. The van der Waals surface area contributed by atoms with Gasteiger partial charge < -0.3 is 10.1 Å². The van der Waals surface area contributed by atoms with E-state index in [2.05, 4.69) is 10.1 Å². The molecule has 0 aromatic carbocycles. The van der Waals surface area contributed by atoms with Crippen molar-refractivity contribution in [3.8, 4) is 0 Å². The summed E-state index contributed by atoms with van der Waals surface area (Å²) >= 11 is 0. The van der Waals surface area contributed by atoms with E-state index in [1.54, 1.807) is 0 Å². The van der Waals surface area contributed by atoms with E-state index in [-0.39, 0.29) is 0 Å². The Bertz CT molecular complexity index is 148. The first-order valence-corrected chi connectivity index (χ1v) is 2.93. The standard InChI is InChI=1S/C6H9F2NO2/c1-11-6(10)2-3-9-4-5(7)8/h2-3,5,9H,4H2,1H3/b3-2+. The molecule has 0 heterocycles. The smallest absolute Gasteiger partial charge is 0.331 e. The zero-order valence-corrected chi connectivity index (χ0v) is 6.01. The predicted octanol–water partition coefficient (Wildman–Crippen LogP) is 0.528. The van der Waals surface area contributed by atoms with Crippen LogP contribution < -0.4 is 5.32 Å². The molecule has 0 fully saturated rings. The Hall–Kier alpha value is -1.13. The van der Waals surface area contributed by atoms with Crippen molar-refractivity contribution >= 4 is 5.97 Å². The average Bonchev–Trinajstić information content (AvgIpc) is 1.97. The maximum Gasteiger partial charge on any atom is 0.331 e. The molecule has 5 heteroatoms. The van der Waals surface area contributed by atoms with E-state index in [1.165, 1.54) is 7.11 Å². The van der Waals surface area contributed by atoms with Gasteiger partial charge in [0.05, 0.1) is 13.7 Å². The van der Waals surface area contributed by atoms with Gasteiger partial charge in [0.15, 0.2) is 0 Å². The Morgan fingerprint density at radius 1 is 1.73 bits per heavy atom. The highest BCUT2D eigenvalue weighted by molar-refractivity contribution is 5.81. The number of ether oxygens (including phenoxy) is 1. The van der Waals surface area contributed by atoms with Gasteiger partial charge in [0.1, 0.15) is 0 Å². The molecule has 0 unspecified atom stereocenters. The van der Waals surface area contributed by atoms with Gasteiger partial charge in [-0.05, 0) is 0 Å². The largest absolute Gasteiger partial charge is 0.466 e. The third kappa shape index (κ3) is 6.76. The van der Waals surface area contributed by atoms with Crippen LogP contribution >= 0.6 is 0 Å². The summed E-state index contributed by atoms with van der Waals surface area (Å²) in [6.45, 7) is -0.465. The molecule has 0 aliphatic heterocycles. The number of nitrogens with one attached hydrogen (secondary N) is 1. The van der Waals surface area contributed by atoms with Gasteiger partial charge in [-0.1, -0.05) is 0 Å². The van der Waals surface area contributed by atoms with E-state index in [0.29, 0.717) is 0 Å². The van der Waals surface area contributed by atoms with Gasteiger partial charge in [0, 0.05) is 12.3 Å². The lowest BCUT2D eigenvalue weighted by Gasteiger charge is -1.96. The second-order valence-electron chi connectivity index (χ2n) is 1.66. The van der Waals surface area contributed by atoms with Crippen LogP contribution in [0.2, 0.25) is 0 Å². The normalized spacial score (nSPS) is 10.5. The lowest BCUT2D eigenvalue weighted by atomic mass is 10.6. The lowest BCUT2D eigenvalue weighted by molar-refractivity contribution is -0.134. The van der Waals surface area contributed by atoms with Gasteiger partial charge in [0.2, 0.25) is 0 Å². The highest BCUT2D eigenvalue weighted by Crippen LogP contribution is 1.87. The maximum absolute atomic E-state index is 11.4. The number of halogens is 2. The van der Waals surface area contributed by atoms with Crippen molar-refractivity contribution in [3.63, 3.8) is 0 Å². The van der Waals surface area contributed by atoms with Crippen LogP contribution in [0.15, 0.2) is 12.3 Å². The van der Waals surface area contributed by atoms with Crippen LogP contribution in [0.1, 0.15) is 0 Å². The first kappa shape index (κ1) is 9.87. The molecule has 0 atom stereocenters. The van der Waals surface area contributed by atoms with Gasteiger partial charge in [-0.25, -0.2) is 13.6 Å². The summed E-state index contributed by atoms with van der Waals surface area (Å²) in [6.07, 6.45) is -0.266. The fourth-order valence-electron chi connectivity index (χ4n) is 0.352. The zero-order valence-electron chi connectivity index (χ0n) is 6.01. The quantitative estimate of drug-likeness (QED) is 0.487. The lowest BCUT2D eigenvalue weighted by Crippen LogP contribution is -2.15. The number of hydrogen-bond donors (Lipinski definition) is 1. The molecule has 1 N–H and O–H groups in total. The number of carbonyl (C=O) groups excluding carboxylic acids is 1. The number of methoxy groups -OCH3 is 1. The van der Waals surface area contributed by atoms with E-state index in [4.69, 9.17) is 0 Å². The van der Waals surface area contributed by atoms with Crippen molar-refractivity contribution < 1.29 is 18.3 Å². The van der Waals surface area contributed by atoms with Crippen molar-refractivity contribution in [2.75, 3.05) is 13.7 Å². The minimum absolute atomic E-state index is 0.465. The molecule has 0 amide bonds. The first-order valence-electron chi connectivity index (χ1n) is 2.93. The van der Waals surface area contributed by atoms with Crippen molar-refractivity contribution in [1.82, 2.24) is 5.32 Å². The van der Waals surface area contributed by atoms with E-state index in [1.807, 2.05) is 0 Å². The summed E-state index contributed by atoms with van der Waals surface area (Å²) in [5, 5.41) is 2.22. The van der Waals surface area contributed by atoms with E-state index >= 15 is 0 Å². The number of carbonyl (C=O) groups is 1. The average molecular weight is 165 g/mol. The summed E-state index contributed by atoms with van der Waals surface area (Å²) in [6, 6.07) is 0. The Balaban J connectivity index is 3.37. The van der Waals surface area contributed by atoms with Gasteiger partial charge >= 0.3 is 5.97 Å². The van der Waals surface area contributed by atoms with Crippen molar-refractivity contribution in [2.24, 2.45) is 0 Å². The second-order valence-corrected chi connectivity index (χ2v) is 1.66. The van der Waals surface area contributed by atoms with Gasteiger partial charge in [-0.2, -0.15) is 0 Å². The minimum atomic E-state index is -2.42. The van der Waals surface area contributed by atoms with Crippen molar-refractivity contribution in [1.29, 1.82) is 0 Å². The summed E-state index contributed by atoms with van der Waals surface area (Å²) in [5.41, 5.74) is 0. The monoisotopic (exact) mass is 165 g/mol. The van der Waals surface area contributed by atoms with E-state index < -0.39 is 18.9 Å². The molecule has 0 aliphatic carbocycles. The van der Waals surface area contributed by atoms with Crippen molar-refractivity contribution in [3.05, 3.63) is 12.3 Å². The molecule has 0 aliphatic rings. The van der Waals surface area contributed by atoms with Crippen LogP contribution in [0.4, 0.5) is 8.78 Å². The summed E-state index contributed by atoms with van der Waals surface area (Å²) in [7, 11) is 1.21. The van der Waals surface area contributed by atoms with Crippen LogP contribution in [0.3, 0.4) is 0 Å². The van der Waals surface area contributed by atoms with Crippen LogP contribution in [-0.2, 0) is 9.53 Å². The molecule has 0 aromatic rings. The fraction of sp³-hybridized carbons (Fsp3) is 0.500.